The summed E-state index contributed by atoms with van der Waals surface area (Å²) < 4.78 is 10.4. The Hall–Kier alpha value is -2.46. The van der Waals surface area contributed by atoms with Gasteiger partial charge in [-0.1, -0.05) is 29.8 Å². The Morgan fingerprint density at radius 1 is 1.12 bits per heavy atom. The highest BCUT2D eigenvalue weighted by atomic mass is 35.5. The number of rotatable bonds is 6. The molecule has 126 valence electrons. The zero-order valence-electron chi connectivity index (χ0n) is 13.9. The van der Waals surface area contributed by atoms with E-state index < -0.39 is 0 Å². The molecule has 2 aromatic carbocycles. The fourth-order valence-corrected chi connectivity index (χ4v) is 2.45. The van der Waals surface area contributed by atoms with Gasteiger partial charge in [-0.15, -0.1) is 0 Å². The second kappa shape index (κ2) is 8.41. The molecule has 0 saturated carbocycles. The summed E-state index contributed by atoms with van der Waals surface area (Å²) in [5.74, 6) is 1.08. The Labute approximate surface area is 147 Å². The minimum absolute atomic E-state index is 0.133. The monoisotopic (exact) mass is 345 g/mol. The second-order valence-electron chi connectivity index (χ2n) is 5.23. The lowest BCUT2D eigenvalue weighted by molar-refractivity contribution is -0.117. The molecular weight excluding hydrogens is 326 g/mol. The van der Waals surface area contributed by atoms with Gasteiger partial charge in [-0.2, -0.15) is 0 Å². The standard InChI is InChI=1S/C19H20ClNO3/c1-13(15-5-4-6-16(20)12-15)21-19(22)10-8-14-7-9-17(23-2)18(11-14)24-3/h4-13H,1-3H3,(H,21,22)/b10-8+/t13-/m1/s1. The summed E-state index contributed by atoms with van der Waals surface area (Å²) >= 11 is 5.97. The molecule has 1 atom stereocenters. The predicted molar refractivity (Wildman–Crippen MR) is 96.6 cm³/mol. The molecule has 0 bridgehead atoms. The van der Waals surface area contributed by atoms with Gasteiger partial charge in [-0.3, -0.25) is 4.79 Å². The average Bonchev–Trinajstić information content (AvgIpc) is 2.59. The molecule has 0 spiro atoms. The molecule has 24 heavy (non-hydrogen) atoms. The van der Waals surface area contributed by atoms with E-state index in [4.69, 9.17) is 21.1 Å². The molecule has 0 aromatic heterocycles. The number of amides is 1. The molecule has 0 aliphatic heterocycles. The fraction of sp³-hybridized carbons (Fsp3) is 0.211. The molecule has 5 heteroatoms. The van der Waals surface area contributed by atoms with Crippen molar-refractivity contribution in [2.45, 2.75) is 13.0 Å². The van der Waals surface area contributed by atoms with Crippen molar-refractivity contribution in [2.75, 3.05) is 14.2 Å². The lowest BCUT2D eigenvalue weighted by atomic mass is 10.1. The van der Waals surface area contributed by atoms with Crippen molar-refractivity contribution in [3.05, 3.63) is 64.7 Å². The summed E-state index contributed by atoms with van der Waals surface area (Å²) in [4.78, 5) is 12.1. The largest absolute Gasteiger partial charge is 0.493 e. The van der Waals surface area contributed by atoms with Gasteiger partial charge < -0.3 is 14.8 Å². The first-order valence-electron chi connectivity index (χ1n) is 7.49. The van der Waals surface area contributed by atoms with Gasteiger partial charge in [0.1, 0.15) is 0 Å². The average molecular weight is 346 g/mol. The molecule has 0 aliphatic rings. The number of methoxy groups -OCH3 is 2. The number of carbonyl (C=O) groups excluding carboxylic acids is 1. The summed E-state index contributed by atoms with van der Waals surface area (Å²) in [6.45, 7) is 1.91. The second-order valence-corrected chi connectivity index (χ2v) is 5.67. The van der Waals surface area contributed by atoms with Gasteiger partial charge in [0.05, 0.1) is 20.3 Å². The highest BCUT2D eigenvalue weighted by Crippen LogP contribution is 2.28. The van der Waals surface area contributed by atoms with Gasteiger partial charge in [0, 0.05) is 11.1 Å². The first-order valence-corrected chi connectivity index (χ1v) is 7.87. The van der Waals surface area contributed by atoms with Crippen LogP contribution in [0.5, 0.6) is 11.5 Å². The normalized spacial score (nSPS) is 12.0. The summed E-state index contributed by atoms with van der Waals surface area (Å²) in [6.07, 6.45) is 3.21. The van der Waals surface area contributed by atoms with Crippen molar-refractivity contribution in [3.63, 3.8) is 0 Å². The van der Waals surface area contributed by atoms with E-state index >= 15 is 0 Å². The molecule has 1 N–H and O–H groups in total. The highest BCUT2D eigenvalue weighted by Gasteiger charge is 2.08. The predicted octanol–water partition coefficient (Wildman–Crippen LogP) is 4.25. The van der Waals surface area contributed by atoms with Crippen molar-refractivity contribution < 1.29 is 14.3 Å². The van der Waals surface area contributed by atoms with Crippen LogP contribution in [0.4, 0.5) is 0 Å². The Bertz CT molecular complexity index is 743. The Balaban J connectivity index is 2.02. The quantitative estimate of drug-likeness (QED) is 0.796. The first-order chi connectivity index (χ1) is 11.5. The van der Waals surface area contributed by atoms with Gasteiger partial charge >= 0.3 is 0 Å². The van der Waals surface area contributed by atoms with Crippen molar-refractivity contribution in [1.82, 2.24) is 5.32 Å². The van der Waals surface area contributed by atoms with E-state index in [0.29, 0.717) is 16.5 Å². The summed E-state index contributed by atoms with van der Waals surface area (Å²) in [6, 6.07) is 12.8. The van der Waals surface area contributed by atoms with Crippen molar-refractivity contribution >= 4 is 23.6 Å². The van der Waals surface area contributed by atoms with E-state index in [0.717, 1.165) is 11.1 Å². The van der Waals surface area contributed by atoms with Crippen molar-refractivity contribution in [3.8, 4) is 11.5 Å². The zero-order valence-corrected chi connectivity index (χ0v) is 14.6. The van der Waals surface area contributed by atoms with Crippen LogP contribution in [0, 0.1) is 0 Å². The van der Waals surface area contributed by atoms with Crippen molar-refractivity contribution in [2.24, 2.45) is 0 Å². The van der Waals surface area contributed by atoms with Crippen LogP contribution in [-0.2, 0) is 4.79 Å². The van der Waals surface area contributed by atoms with E-state index in [1.54, 1.807) is 32.4 Å². The van der Waals surface area contributed by atoms with Crippen LogP contribution in [0.3, 0.4) is 0 Å². The van der Waals surface area contributed by atoms with E-state index in [-0.39, 0.29) is 11.9 Å². The molecule has 2 rings (SSSR count). The van der Waals surface area contributed by atoms with Gasteiger partial charge in [0.2, 0.25) is 5.91 Å². The van der Waals surface area contributed by atoms with Gasteiger partial charge in [0.25, 0.3) is 0 Å². The molecule has 2 aromatic rings. The van der Waals surface area contributed by atoms with Crippen LogP contribution in [0.1, 0.15) is 24.1 Å². The van der Waals surface area contributed by atoms with Crippen molar-refractivity contribution in [1.29, 1.82) is 0 Å². The van der Waals surface area contributed by atoms with E-state index in [2.05, 4.69) is 5.32 Å². The van der Waals surface area contributed by atoms with Gasteiger partial charge in [-0.05, 0) is 48.4 Å². The minimum Gasteiger partial charge on any atom is -0.493 e. The Morgan fingerprint density at radius 3 is 2.54 bits per heavy atom. The van der Waals surface area contributed by atoms with Gasteiger partial charge in [0.15, 0.2) is 11.5 Å². The maximum atomic E-state index is 12.1. The lowest BCUT2D eigenvalue weighted by Crippen LogP contribution is -2.24. The number of hydrogen-bond donors (Lipinski definition) is 1. The SMILES string of the molecule is COc1ccc(/C=C/C(=O)N[C@H](C)c2cccc(Cl)c2)cc1OC. The molecular formula is C19H20ClNO3. The number of carbonyl (C=O) groups is 1. The lowest BCUT2D eigenvalue weighted by Gasteiger charge is -2.13. The topological polar surface area (TPSA) is 47.6 Å². The molecule has 0 unspecified atom stereocenters. The Kier molecular flexibility index (Phi) is 6.27. The van der Waals surface area contributed by atoms with Crippen LogP contribution < -0.4 is 14.8 Å². The Morgan fingerprint density at radius 2 is 1.88 bits per heavy atom. The fourth-order valence-electron chi connectivity index (χ4n) is 2.25. The van der Waals surface area contributed by atoms with E-state index in [1.807, 2.05) is 37.3 Å². The molecule has 0 aliphatic carbocycles. The third-order valence-corrected chi connectivity index (χ3v) is 3.78. The third-order valence-electron chi connectivity index (χ3n) is 3.54. The molecule has 0 radical (unpaired) electrons. The third kappa shape index (κ3) is 4.77. The number of nitrogens with one attached hydrogen (secondary N) is 1. The summed E-state index contributed by atoms with van der Waals surface area (Å²) in [5.41, 5.74) is 1.80. The smallest absolute Gasteiger partial charge is 0.244 e. The van der Waals surface area contributed by atoms with Crippen LogP contribution in [0.2, 0.25) is 5.02 Å². The number of hydrogen-bond acceptors (Lipinski definition) is 3. The maximum absolute atomic E-state index is 12.1. The van der Waals surface area contributed by atoms with E-state index in [1.165, 1.54) is 6.08 Å². The number of halogens is 1. The number of benzene rings is 2. The van der Waals surface area contributed by atoms with E-state index in [9.17, 15) is 4.79 Å². The molecule has 4 nitrogen and oxygen atoms in total. The maximum Gasteiger partial charge on any atom is 0.244 e. The van der Waals surface area contributed by atoms with Crippen LogP contribution >= 0.6 is 11.6 Å². The van der Waals surface area contributed by atoms with Gasteiger partial charge in [-0.25, -0.2) is 0 Å². The molecule has 0 heterocycles. The summed E-state index contributed by atoms with van der Waals surface area (Å²) in [5, 5.41) is 3.55. The molecule has 1 amide bonds. The number of ether oxygens (including phenoxy) is 2. The zero-order chi connectivity index (χ0) is 17.5. The molecule has 0 fully saturated rings. The summed E-state index contributed by atoms with van der Waals surface area (Å²) in [7, 11) is 3.16. The minimum atomic E-state index is -0.183. The molecule has 0 saturated heterocycles. The highest BCUT2D eigenvalue weighted by molar-refractivity contribution is 6.30. The van der Waals surface area contributed by atoms with Crippen LogP contribution in [-0.4, -0.2) is 20.1 Å². The first kappa shape index (κ1) is 17.9. The van der Waals surface area contributed by atoms with Crippen LogP contribution in [0.15, 0.2) is 48.5 Å². The van der Waals surface area contributed by atoms with Crippen LogP contribution in [0.25, 0.3) is 6.08 Å².